The molecule has 0 fully saturated rings. The van der Waals surface area contributed by atoms with Gasteiger partial charge in [0.2, 0.25) is 0 Å². The van der Waals surface area contributed by atoms with E-state index in [0.29, 0.717) is 11.2 Å². The largest absolute Gasteiger partial charge is 0.506 e. The minimum atomic E-state index is 0.190. The van der Waals surface area contributed by atoms with Gasteiger partial charge in [-0.25, -0.2) is 4.98 Å². The molecule has 0 atom stereocenters. The molecule has 0 unspecified atom stereocenters. The number of phenolic OH excluding ortho intramolecular Hbond substituents is 1. The van der Waals surface area contributed by atoms with E-state index in [-0.39, 0.29) is 5.75 Å². The molecule has 0 bridgehead atoms. The van der Waals surface area contributed by atoms with E-state index in [1.54, 1.807) is 17.6 Å². The van der Waals surface area contributed by atoms with Crippen LogP contribution in [-0.4, -0.2) is 10.1 Å². The number of nitrogens with two attached hydrogens (primary N) is 1. The SMILES string of the molecule is Nc1ccc(O)c2ncsc12. The van der Waals surface area contributed by atoms with E-state index in [2.05, 4.69) is 4.98 Å². The smallest absolute Gasteiger partial charge is 0.142 e. The Balaban J connectivity index is 2.96. The third kappa shape index (κ3) is 0.832. The maximum Gasteiger partial charge on any atom is 0.142 e. The number of thiazole rings is 1. The van der Waals surface area contributed by atoms with Gasteiger partial charge in [-0.1, -0.05) is 0 Å². The van der Waals surface area contributed by atoms with Gasteiger partial charge in [0, 0.05) is 0 Å². The summed E-state index contributed by atoms with van der Waals surface area (Å²) in [5, 5.41) is 9.27. The summed E-state index contributed by atoms with van der Waals surface area (Å²) in [6.45, 7) is 0. The lowest BCUT2D eigenvalue weighted by Crippen LogP contribution is -1.83. The molecule has 2 aromatic rings. The van der Waals surface area contributed by atoms with Crippen molar-refractivity contribution in [2.75, 3.05) is 5.73 Å². The number of aromatic nitrogens is 1. The van der Waals surface area contributed by atoms with Crippen LogP contribution in [0.15, 0.2) is 17.6 Å². The van der Waals surface area contributed by atoms with E-state index < -0.39 is 0 Å². The number of fused-ring (bicyclic) bond motifs is 1. The zero-order valence-electron chi connectivity index (χ0n) is 5.61. The first kappa shape index (κ1) is 6.42. The van der Waals surface area contributed by atoms with E-state index >= 15 is 0 Å². The van der Waals surface area contributed by atoms with Gasteiger partial charge in [-0.3, -0.25) is 0 Å². The van der Waals surface area contributed by atoms with Crippen molar-refractivity contribution in [2.24, 2.45) is 0 Å². The van der Waals surface area contributed by atoms with Crippen LogP contribution in [0.3, 0.4) is 0 Å². The second-order valence-corrected chi connectivity index (χ2v) is 3.06. The summed E-state index contributed by atoms with van der Waals surface area (Å²) in [7, 11) is 0. The number of phenols is 1. The normalized spacial score (nSPS) is 10.5. The van der Waals surface area contributed by atoms with Crippen LogP contribution in [-0.2, 0) is 0 Å². The lowest BCUT2D eigenvalue weighted by Gasteiger charge is -1.95. The van der Waals surface area contributed by atoms with E-state index in [4.69, 9.17) is 5.73 Å². The third-order valence-corrected chi connectivity index (χ3v) is 2.37. The third-order valence-electron chi connectivity index (χ3n) is 1.49. The number of aromatic hydroxyl groups is 1. The predicted molar refractivity (Wildman–Crippen MR) is 45.7 cm³/mol. The van der Waals surface area contributed by atoms with Crippen molar-refractivity contribution in [3.05, 3.63) is 17.6 Å². The molecule has 1 aromatic carbocycles. The molecule has 3 N–H and O–H groups in total. The zero-order valence-corrected chi connectivity index (χ0v) is 6.43. The number of benzene rings is 1. The van der Waals surface area contributed by atoms with Gasteiger partial charge in [-0.15, -0.1) is 11.3 Å². The first-order chi connectivity index (χ1) is 5.29. The number of hydrogen-bond donors (Lipinski definition) is 2. The minimum absolute atomic E-state index is 0.190. The van der Waals surface area contributed by atoms with Gasteiger partial charge in [0.15, 0.2) is 0 Å². The fraction of sp³-hybridized carbons (Fsp3) is 0. The van der Waals surface area contributed by atoms with Gasteiger partial charge in [-0.2, -0.15) is 0 Å². The molecule has 0 spiro atoms. The molecule has 0 aliphatic heterocycles. The molecule has 0 aliphatic carbocycles. The molecule has 0 aliphatic rings. The summed E-state index contributed by atoms with van der Waals surface area (Å²) in [6, 6.07) is 3.23. The molecule has 11 heavy (non-hydrogen) atoms. The van der Waals surface area contributed by atoms with Crippen LogP contribution >= 0.6 is 11.3 Å². The lowest BCUT2D eigenvalue weighted by atomic mass is 10.3. The molecular weight excluding hydrogens is 160 g/mol. The highest BCUT2D eigenvalue weighted by atomic mass is 32.1. The van der Waals surface area contributed by atoms with Crippen LogP contribution in [0.2, 0.25) is 0 Å². The molecule has 0 saturated carbocycles. The van der Waals surface area contributed by atoms with E-state index in [0.717, 1.165) is 4.70 Å². The fourth-order valence-corrected chi connectivity index (χ4v) is 1.69. The molecule has 0 radical (unpaired) electrons. The Kier molecular flexibility index (Phi) is 1.22. The van der Waals surface area contributed by atoms with Crippen LogP contribution < -0.4 is 5.73 Å². The molecule has 0 amide bonds. The number of rotatable bonds is 0. The molecule has 0 saturated heterocycles. The van der Waals surface area contributed by atoms with Gasteiger partial charge in [-0.05, 0) is 12.1 Å². The lowest BCUT2D eigenvalue weighted by molar-refractivity contribution is 0.480. The summed E-state index contributed by atoms with van der Waals surface area (Å²) in [5.41, 5.74) is 8.56. The van der Waals surface area contributed by atoms with E-state index in [9.17, 15) is 5.11 Å². The Hall–Kier alpha value is -1.29. The van der Waals surface area contributed by atoms with Gasteiger partial charge in [0.25, 0.3) is 0 Å². The highest BCUT2D eigenvalue weighted by Gasteiger charge is 2.04. The van der Waals surface area contributed by atoms with Crippen LogP contribution in [0.4, 0.5) is 5.69 Å². The quantitative estimate of drug-likeness (QED) is 0.461. The Morgan fingerprint density at radius 2 is 2.27 bits per heavy atom. The second kappa shape index (κ2) is 2.10. The first-order valence-corrected chi connectivity index (χ1v) is 3.97. The Labute approximate surface area is 67.1 Å². The van der Waals surface area contributed by atoms with Gasteiger partial charge >= 0.3 is 0 Å². The maximum atomic E-state index is 9.27. The molecule has 3 nitrogen and oxygen atoms in total. The van der Waals surface area contributed by atoms with Crippen LogP contribution in [0, 0.1) is 0 Å². The Morgan fingerprint density at radius 3 is 3.00 bits per heavy atom. The standard InChI is InChI=1S/C7H6N2OS/c8-4-1-2-5(10)6-7(4)11-3-9-6/h1-3,10H,8H2. The highest BCUT2D eigenvalue weighted by molar-refractivity contribution is 7.17. The van der Waals surface area contributed by atoms with Crippen LogP contribution in [0.25, 0.3) is 10.2 Å². The zero-order chi connectivity index (χ0) is 7.84. The molecule has 2 rings (SSSR count). The number of hydrogen-bond acceptors (Lipinski definition) is 4. The van der Waals surface area contributed by atoms with Crippen molar-refractivity contribution in [1.82, 2.24) is 4.98 Å². The summed E-state index contributed by atoms with van der Waals surface area (Å²) in [4.78, 5) is 3.97. The topological polar surface area (TPSA) is 59.1 Å². The Morgan fingerprint density at radius 1 is 1.45 bits per heavy atom. The van der Waals surface area contributed by atoms with Crippen LogP contribution in [0.5, 0.6) is 5.75 Å². The summed E-state index contributed by atoms with van der Waals surface area (Å²) >= 11 is 1.43. The van der Waals surface area contributed by atoms with Crippen molar-refractivity contribution < 1.29 is 5.11 Å². The summed E-state index contributed by atoms with van der Waals surface area (Å²) in [5.74, 6) is 0.190. The molecule has 56 valence electrons. The van der Waals surface area contributed by atoms with E-state index in [1.165, 1.54) is 11.3 Å². The van der Waals surface area contributed by atoms with Crippen molar-refractivity contribution in [2.45, 2.75) is 0 Å². The fourth-order valence-electron chi connectivity index (χ4n) is 0.957. The number of nitrogens with zero attached hydrogens (tertiary/aromatic N) is 1. The summed E-state index contributed by atoms with van der Waals surface area (Å²) < 4.78 is 0.852. The number of anilines is 1. The minimum Gasteiger partial charge on any atom is -0.506 e. The average Bonchev–Trinajstić information content (AvgIpc) is 2.45. The molecule has 4 heteroatoms. The van der Waals surface area contributed by atoms with Crippen molar-refractivity contribution in [3.63, 3.8) is 0 Å². The second-order valence-electron chi connectivity index (χ2n) is 2.20. The van der Waals surface area contributed by atoms with Gasteiger partial charge in [0.05, 0.1) is 15.9 Å². The first-order valence-electron chi connectivity index (χ1n) is 3.09. The van der Waals surface area contributed by atoms with Crippen molar-refractivity contribution in [1.29, 1.82) is 0 Å². The highest BCUT2D eigenvalue weighted by Crippen LogP contribution is 2.30. The van der Waals surface area contributed by atoms with Gasteiger partial charge < -0.3 is 10.8 Å². The van der Waals surface area contributed by atoms with E-state index in [1.807, 2.05) is 0 Å². The van der Waals surface area contributed by atoms with Gasteiger partial charge in [0.1, 0.15) is 11.3 Å². The maximum absolute atomic E-state index is 9.27. The number of nitrogen functional groups attached to an aromatic ring is 1. The Bertz CT molecular complexity index is 360. The monoisotopic (exact) mass is 166 g/mol. The van der Waals surface area contributed by atoms with Crippen LogP contribution in [0.1, 0.15) is 0 Å². The summed E-state index contributed by atoms with van der Waals surface area (Å²) in [6.07, 6.45) is 0. The van der Waals surface area contributed by atoms with Crippen molar-refractivity contribution >= 4 is 27.2 Å². The molecule has 1 aromatic heterocycles. The average molecular weight is 166 g/mol. The molecular formula is C7H6N2OS. The molecule has 1 heterocycles. The predicted octanol–water partition coefficient (Wildman–Crippen LogP) is 1.58. The van der Waals surface area contributed by atoms with Crippen molar-refractivity contribution in [3.8, 4) is 5.75 Å².